The second-order valence-corrected chi connectivity index (χ2v) is 23.8. The fraction of sp³-hybridized carbons (Fsp3) is 0.346. The van der Waals surface area contributed by atoms with Crippen molar-refractivity contribution in [1.29, 1.82) is 0 Å². The van der Waals surface area contributed by atoms with E-state index in [0.717, 1.165) is 56.8 Å². The predicted molar refractivity (Wildman–Crippen MR) is 240 cm³/mol. The molecule has 0 amide bonds. The Hall–Kier alpha value is -4.15. The molecule has 0 saturated heterocycles. The van der Waals surface area contributed by atoms with Crippen molar-refractivity contribution in [3.63, 3.8) is 0 Å². The number of hydrogen-bond acceptors (Lipinski definition) is 3. The molecular weight excluding hydrogens is 889 g/mol. The van der Waals surface area contributed by atoms with Crippen molar-refractivity contribution in [1.82, 2.24) is 9.97 Å². The van der Waals surface area contributed by atoms with Crippen LogP contribution in [-0.4, -0.2) is 18.0 Å². The van der Waals surface area contributed by atoms with Crippen LogP contribution in [0.4, 0.5) is 0 Å². The van der Waals surface area contributed by atoms with Crippen molar-refractivity contribution in [2.45, 2.75) is 106 Å². The molecule has 1 saturated carbocycles. The zero-order valence-electron chi connectivity index (χ0n) is 35.6. The SMILES string of the molecule is CC(C)(C)Cc1cc(-c2[c-]cccc2)ncc1[Si](C)(C)C.Cc1cccc(C)c1-c1ccc2c(c1)oc1c(-c3cc(C(C)(C)C4CCCC4)ccn3)[c-]ccc12.[Ir]. The monoisotopic (exact) mass is 947 g/mol. The molecule has 1 radical (unpaired) electrons. The van der Waals surface area contributed by atoms with Crippen LogP contribution < -0.4 is 5.19 Å². The number of benzene rings is 4. The average molecular weight is 947 g/mol. The maximum atomic E-state index is 6.53. The molecule has 1 aliphatic carbocycles. The molecule has 1 fully saturated rings. The van der Waals surface area contributed by atoms with E-state index in [9.17, 15) is 0 Å². The Morgan fingerprint density at radius 1 is 0.754 bits per heavy atom. The number of furan rings is 1. The summed E-state index contributed by atoms with van der Waals surface area (Å²) in [6.07, 6.45) is 10.5. The van der Waals surface area contributed by atoms with E-state index >= 15 is 0 Å². The summed E-state index contributed by atoms with van der Waals surface area (Å²) in [7, 11) is -1.37. The number of aromatic nitrogens is 2. The summed E-state index contributed by atoms with van der Waals surface area (Å²) >= 11 is 0. The predicted octanol–water partition coefficient (Wildman–Crippen LogP) is 13.9. The van der Waals surface area contributed by atoms with E-state index in [-0.39, 0.29) is 30.9 Å². The topological polar surface area (TPSA) is 38.9 Å². The normalized spacial score (nSPS) is 13.7. The third-order valence-corrected chi connectivity index (χ3v) is 13.9. The summed E-state index contributed by atoms with van der Waals surface area (Å²) in [5.41, 5.74) is 14.0. The Balaban J connectivity index is 0.000000215. The average Bonchev–Trinajstić information content (AvgIpc) is 3.84. The zero-order chi connectivity index (χ0) is 39.8. The van der Waals surface area contributed by atoms with Gasteiger partial charge in [0, 0.05) is 37.9 Å². The molecule has 4 aromatic carbocycles. The first-order chi connectivity index (χ1) is 26.6. The van der Waals surface area contributed by atoms with Gasteiger partial charge >= 0.3 is 0 Å². The minimum Gasteiger partial charge on any atom is -0.501 e. The standard InChI is InChI=1S/C33H32NO.C19H26NSi.Ir/c1-21-9-7-10-22(2)31(21)23-15-16-26-27-13-8-14-28(32(27)35-30(26)19-23)29-20-25(17-18-34-29)33(3,4)24-11-5-6-12-24;1-19(2,3)13-16-12-17(15-10-8-7-9-11-15)20-14-18(16)21(4,5)6;/h7-10,13,15-20,24H,5-6,11-12H2,1-4H3;7-10,12,14H,13H2,1-6H3;/q2*-1;. The summed E-state index contributed by atoms with van der Waals surface area (Å²) in [4.78, 5) is 9.48. The van der Waals surface area contributed by atoms with Gasteiger partial charge in [0.05, 0.1) is 13.7 Å². The molecule has 0 atom stereocenters. The van der Waals surface area contributed by atoms with E-state index in [0.29, 0.717) is 0 Å². The number of nitrogens with zero attached hydrogens (tertiary/aromatic N) is 2. The van der Waals surface area contributed by atoms with Crippen LogP contribution in [-0.2, 0) is 31.9 Å². The molecule has 3 heterocycles. The summed E-state index contributed by atoms with van der Waals surface area (Å²) in [5.74, 6) is 0.729. The molecule has 0 N–H and O–H groups in total. The Kier molecular flexibility index (Phi) is 12.6. The summed E-state index contributed by atoms with van der Waals surface area (Å²) in [6, 6.07) is 38.7. The Morgan fingerprint density at radius 2 is 1.49 bits per heavy atom. The Labute approximate surface area is 356 Å². The quantitative estimate of drug-likeness (QED) is 0.118. The molecule has 297 valence electrons. The molecule has 3 aromatic heterocycles. The number of fused-ring (bicyclic) bond motifs is 3. The molecule has 3 nitrogen and oxygen atoms in total. The van der Waals surface area contributed by atoms with Crippen LogP contribution in [0.3, 0.4) is 0 Å². The van der Waals surface area contributed by atoms with Crippen LogP contribution in [0.5, 0.6) is 0 Å². The van der Waals surface area contributed by atoms with Gasteiger partial charge in [-0.05, 0) is 106 Å². The smallest absolute Gasteiger partial charge is 0.121 e. The molecule has 1 aliphatic rings. The second-order valence-electron chi connectivity index (χ2n) is 18.8. The van der Waals surface area contributed by atoms with E-state index < -0.39 is 8.07 Å². The van der Waals surface area contributed by atoms with Crippen LogP contribution in [0.2, 0.25) is 19.6 Å². The van der Waals surface area contributed by atoms with E-state index in [1.165, 1.54) is 64.3 Å². The van der Waals surface area contributed by atoms with Gasteiger partial charge in [-0.1, -0.05) is 126 Å². The summed E-state index contributed by atoms with van der Waals surface area (Å²) < 4.78 is 6.53. The van der Waals surface area contributed by atoms with E-state index in [1.54, 1.807) is 0 Å². The number of pyridine rings is 2. The van der Waals surface area contributed by atoms with Gasteiger partial charge in [0.2, 0.25) is 0 Å². The fourth-order valence-electron chi connectivity index (χ4n) is 8.80. The van der Waals surface area contributed by atoms with Gasteiger partial charge in [-0.25, -0.2) is 0 Å². The van der Waals surface area contributed by atoms with Gasteiger partial charge in [0.15, 0.2) is 0 Å². The van der Waals surface area contributed by atoms with Gasteiger partial charge in [-0.3, -0.25) is 0 Å². The maximum absolute atomic E-state index is 6.53. The third kappa shape index (κ3) is 9.28. The first-order valence-corrected chi connectivity index (χ1v) is 24.0. The van der Waals surface area contributed by atoms with Crippen LogP contribution in [0, 0.1) is 37.3 Å². The minimum atomic E-state index is -1.37. The number of rotatable bonds is 7. The van der Waals surface area contributed by atoms with E-state index in [4.69, 9.17) is 14.4 Å². The maximum Gasteiger partial charge on any atom is 0.121 e. The molecule has 0 unspecified atom stereocenters. The van der Waals surface area contributed by atoms with Crippen molar-refractivity contribution >= 4 is 35.2 Å². The van der Waals surface area contributed by atoms with Gasteiger partial charge in [0.1, 0.15) is 5.58 Å². The third-order valence-electron chi connectivity index (χ3n) is 11.8. The van der Waals surface area contributed by atoms with Crippen molar-refractivity contribution < 1.29 is 24.5 Å². The Bertz CT molecular complexity index is 2460. The Morgan fingerprint density at radius 3 is 2.16 bits per heavy atom. The molecule has 0 bridgehead atoms. The second kappa shape index (κ2) is 17.0. The summed E-state index contributed by atoms with van der Waals surface area (Å²) in [6.45, 7) is 23.2. The van der Waals surface area contributed by atoms with E-state index in [2.05, 4.69) is 153 Å². The van der Waals surface area contributed by atoms with Gasteiger partial charge in [-0.15, -0.1) is 54.1 Å². The van der Waals surface area contributed by atoms with Gasteiger partial charge in [0.25, 0.3) is 0 Å². The molecule has 0 spiro atoms. The molecule has 5 heteroatoms. The summed E-state index contributed by atoms with van der Waals surface area (Å²) in [5, 5.41) is 3.73. The number of hydrogen-bond donors (Lipinski definition) is 0. The molecule has 7 aromatic rings. The zero-order valence-corrected chi connectivity index (χ0v) is 39.0. The minimum absolute atomic E-state index is 0. The van der Waals surface area contributed by atoms with Crippen molar-refractivity contribution in [3.8, 4) is 33.6 Å². The van der Waals surface area contributed by atoms with Gasteiger partial charge < -0.3 is 14.4 Å². The fourth-order valence-corrected chi connectivity index (χ4v) is 10.4. The van der Waals surface area contributed by atoms with Gasteiger partial charge in [-0.2, -0.15) is 0 Å². The molecule has 0 aliphatic heterocycles. The van der Waals surface area contributed by atoms with Crippen molar-refractivity contribution in [2.75, 3.05) is 0 Å². The van der Waals surface area contributed by atoms with Crippen molar-refractivity contribution in [3.05, 3.63) is 138 Å². The molecular formula is C52H58IrN2OSi-2. The van der Waals surface area contributed by atoms with Crippen LogP contribution in [0.15, 0.2) is 108 Å². The largest absolute Gasteiger partial charge is 0.501 e. The van der Waals surface area contributed by atoms with E-state index in [1.807, 2.05) is 30.5 Å². The van der Waals surface area contributed by atoms with Crippen LogP contribution in [0.25, 0.3) is 55.6 Å². The van der Waals surface area contributed by atoms with Crippen LogP contribution >= 0.6 is 0 Å². The van der Waals surface area contributed by atoms with Crippen LogP contribution in [0.1, 0.15) is 82.6 Å². The molecule has 57 heavy (non-hydrogen) atoms. The van der Waals surface area contributed by atoms with Crippen molar-refractivity contribution in [2.24, 2.45) is 11.3 Å². The first kappa shape index (κ1) is 42.5. The number of aryl methyl sites for hydroxylation is 2. The molecule has 8 rings (SSSR count). The first-order valence-electron chi connectivity index (χ1n) is 20.5.